The number of amides is 1. The van der Waals surface area contributed by atoms with Crippen molar-refractivity contribution in [1.29, 1.82) is 0 Å². The molecule has 0 bridgehead atoms. The van der Waals surface area contributed by atoms with Crippen LogP contribution in [0.1, 0.15) is 41.6 Å². The molecule has 0 saturated heterocycles. The number of phenols is 1. The Labute approximate surface area is 191 Å². The molecular weight excluding hydrogens is 418 g/mol. The number of nitrogens with zero attached hydrogens (tertiary/aromatic N) is 2. The first kappa shape index (κ1) is 20.8. The number of hydrogen-bond acceptors (Lipinski definition) is 5. The van der Waals surface area contributed by atoms with E-state index in [1.165, 1.54) is 12.1 Å². The molecule has 3 aromatic carbocycles. The summed E-state index contributed by atoms with van der Waals surface area (Å²) in [5.74, 6) is -1.25. The average Bonchev–Trinajstić information content (AvgIpc) is 3.44. The van der Waals surface area contributed by atoms with Crippen LogP contribution in [0.3, 0.4) is 0 Å². The summed E-state index contributed by atoms with van der Waals surface area (Å²) in [6, 6.07) is 19.3. The number of hydrazone groups is 1. The summed E-state index contributed by atoms with van der Waals surface area (Å²) in [6.07, 6.45) is 4.20. The zero-order valence-electron chi connectivity index (χ0n) is 17.9. The predicted molar refractivity (Wildman–Crippen MR) is 127 cm³/mol. The molecule has 3 N–H and O–H groups in total. The zero-order valence-corrected chi connectivity index (χ0v) is 17.9. The summed E-state index contributed by atoms with van der Waals surface area (Å²) < 4.78 is 0. The molecule has 1 amide bonds. The highest BCUT2D eigenvalue weighted by Crippen LogP contribution is 2.38. The van der Waals surface area contributed by atoms with Crippen molar-refractivity contribution in [3.63, 3.8) is 0 Å². The van der Waals surface area contributed by atoms with Gasteiger partial charge in [-0.15, -0.1) is 0 Å². The highest BCUT2D eigenvalue weighted by atomic mass is 16.4. The molecule has 1 saturated carbocycles. The minimum absolute atomic E-state index is 0.0734. The third kappa shape index (κ3) is 3.71. The van der Waals surface area contributed by atoms with E-state index in [1.807, 2.05) is 29.2 Å². The lowest BCUT2D eigenvalue weighted by Crippen LogP contribution is -2.38. The van der Waals surface area contributed by atoms with Crippen molar-refractivity contribution in [3.05, 3.63) is 77.9 Å². The minimum atomic E-state index is -1.04. The minimum Gasteiger partial charge on any atom is -0.505 e. The molecule has 0 spiro atoms. The monoisotopic (exact) mass is 441 g/mol. The number of rotatable bonds is 5. The highest BCUT2D eigenvalue weighted by Gasteiger charge is 2.39. The third-order valence-corrected chi connectivity index (χ3v) is 6.27. The first-order chi connectivity index (χ1) is 16.0. The molecule has 0 atom stereocenters. The number of carbonyl (C=O) groups is 2. The molecule has 1 aliphatic carbocycles. The van der Waals surface area contributed by atoms with E-state index in [2.05, 4.69) is 10.5 Å². The van der Waals surface area contributed by atoms with Gasteiger partial charge < -0.3 is 15.1 Å². The quantitative estimate of drug-likeness (QED) is 0.388. The Morgan fingerprint density at radius 1 is 0.970 bits per heavy atom. The van der Waals surface area contributed by atoms with Gasteiger partial charge in [0.15, 0.2) is 5.71 Å². The number of para-hydroxylation sites is 2. The summed E-state index contributed by atoms with van der Waals surface area (Å²) >= 11 is 0. The molecule has 33 heavy (non-hydrogen) atoms. The number of aromatic carboxylic acids is 1. The standard InChI is InChI=1S/C26H23N3O4/c30-24-19(16-7-5-8-17(15-16)26(32)33)12-6-13-21(24)27-28-23-20-11-3-4-14-22(20)29(25(23)31)18-9-1-2-10-18/h3-8,11-15,18,27,30H,1-2,9-10H2,(H,32,33). The molecule has 0 unspecified atom stereocenters. The largest absolute Gasteiger partial charge is 0.505 e. The van der Waals surface area contributed by atoms with E-state index in [1.54, 1.807) is 30.3 Å². The molecule has 1 aliphatic heterocycles. The number of nitrogens with one attached hydrogen (secondary N) is 1. The fraction of sp³-hybridized carbons (Fsp3) is 0.192. The molecule has 5 rings (SSSR count). The number of fused-ring (bicyclic) bond motifs is 1. The zero-order chi connectivity index (χ0) is 22.9. The second-order valence-corrected chi connectivity index (χ2v) is 8.29. The van der Waals surface area contributed by atoms with Gasteiger partial charge in [-0.2, -0.15) is 5.10 Å². The maximum Gasteiger partial charge on any atom is 0.335 e. The van der Waals surface area contributed by atoms with Crippen LogP contribution in [0.5, 0.6) is 5.75 Å². The van der Waals surface area contributed by atoms with Crippen molar-refractivity contribution >= 4 is 29.0 Å². The average molecular weight is 441 g/mol. The lowest BCUT2D eigenvalue weighted by atomic mass is 10.0. The van der Waals surface area contributed by atoms with E-state index in [0.29, 0.717) is 22.5 Å². The summed E-state index contributed by atoms with van der Waals surface area (Å²) in [4.78, 5) is 26.5. The fourth-order valence-corrected chi connectivity index (χ4v) is 4.66. The van der Waals surface area contributed by atoms with Crippen LogP contribution in [0.4, 0.5) is 11.4 Å². The Hall–Kier alpha value is -4.13. The topological polar surface area (TPSA) is 102 Å². The Balaban J connectivity index is 1.47. The van der Waals surface area contributed by atoms with Gasteiger partial charge in [0.05, 0.1) is 16.9 Å². The van der Waals surface area contributed by atoms with Crippen molar-refractivity contribution in [1.82, 2.24) is 0 Å². The summed E-state index contributed by atoms with van der Waals surface area (Å²) in [7, 11) is 0. The molecule has 1 fully saturated rings. The molecule has 1 heterocycles. The van der Waals surface area contributed by atoms with E-state index in [9.17, 15) is 19.8 Å². The van der Waals surface area contributed by atoms with Crippen molar-refractivity contribution in [2.24, 2.45) is 5.10 Å². The number of benzene rings is 3. The molecule has 0 aromatic heterocycles. The lowest BCUT2D eigenvalue weighted by molar-refractivity contribution is -0.112. The van der Waals surface area contributed by atoms with Crippen LogP contribution in [0.25, 0.3) is 11.1 Å². The molecular formula is C26H23N3O4. The smallest absolute Gasteiger partial charge is 0.335 e. The van der Waals surface area contributed by atoms with Crippen LogP contribution in [0, 0.1) is 0 Å². The van der Waals surface area contributed by atoms with E-state index >= 15 is 0 Å². The maximum absolute atomic E-state index is 13.3. The molecule has 3 aromatic rings. The number of phenolic OH excluding ortho intramolecular Hbond substituents is 1. The summed E-state index contributed by atoms with van der Waals surface area (Å²) in [5.41, 5.74) is 6.31. The van der Waals surface area contributed by atoms with Crippen molar-refractivity contribution < 1.29 is 19.8 Å². The molecule has 2 aliphatic rings. The normalized spacial score (nSPS) is 16.9. The van der Waals surface area contributed by atoms with Crippen LogP contribution >= 0.6 is 0 Å². The number of hydrogen-bond donors (Lipinski definition) is 3. The molecule has 0 radical (unpaired) electrons. The number of carboxylic acid groups (broad SMARTS) is 1. The lowest BCUT2D eigenvalue weighted by Gasteiger charge is -2.24. The first-order valence-corrected chi connectivity index (χ1v) is 11.0. The Bertz CT molecular complexity index is 1280. The van der Waals surface area contributed by atoms with Crippen LogP contribution in [0.15, 0.2) is 71.8 Å². The van der Waals surface area contributed by atoms with Crippen LogP contribution in [-0.2, 0) is 4.79 Å². The van der Waals surface area contributed by atoms with Gasteiger partial charge in [0.1, 0.15) is 5.75 Å². The number of aromatic hydroxyl groups is 1. The van der Waals surface area contributed by atoms with Gasteiger partial charge >= 0.3 is 5.97 Å². The van der Waals surface area contributed by atoms with E-state index in [-0.39, 0.29) is 23.3 Å². The summed E-state index contributed by atoms with van der Waals surface area (Å²) in [5, 5.41) is 24.5. The number of anilines is 2. The van der Waals surface area contributed by atoms with Crippen LogP contribution < -0.4 is 10.3 Å². The Morgan fingerprint density at radius 2 is 1.70 bits per heavy atom. The van der Waals surface area contributed by atoms with Gasteiger partial charge in [-0.3, -0.25) is 10.2 Å². The maximum atomic E-state index is 13.3. The van der Waals surface area contributed by atoms with Gasteiger partial charge in [-0.1, -0.05) is 55.3 Å². The van der Waals surface area contributed by atoms with Crippen LogP contribution in [0.2, 0.25) is 0 Å². The van der Waals surface area contributed by atoms with E-state index < -0.39 is 5.97 Å². The fourth-order valence-electron chi connectivity index (χ4n) is 4.66. The van der Waals surface area contributed by atoms with Crippen molar-refractivity contribution in [2.75, 3.05) is 10.3 Å². The Morgan fingerprint density at radius 3 is 2.48 bits per heavy atom. The van der Waals surface area contributed by atoms with Crippen molar-refractivity contribution in [3.8, 4) is 16.9 Å². The predicted octanol–water partition coefficient (Wildman–Crippen LogP) is 4.86. The molecule has 7 nitrogen and oxygen atoms in total. The van der Waals surface area contributed by atoms with Crippen LogP contribution in [-0.4, -0.2) is 33.8 Å². The van der Waals surface area contributed by atoms with Crippen molar-refractivity contribution in [2.45, 2.75) is 31.7 Å². The highest BCUT2D eigenvalue weighted by molar-refractivity contribution is 6.54. The molecule has 7 heteroatoms. The second kappa shape index (κ2) is 8.43. The first-order valence-electron chi connectivity index (χ1n) is 11.0. The van der Waals surface area contributed by atoms with E-state index in [4.69, 9.17) is 0 Å². The van der Waals surface area contributed by atoms with Gasteiger partial charge in [-0.25, -0.2) is 4.79 Å². The number of carboxylic acids is 1. The molecule has 166 valence electrons. The van der Waals surface area contributed by atoms with Gasteiger partial charge in [0.2, 0.25) is 0 Å². The van der Waals surface area contributed by atoms with Gasteiger partial charge in [0.25, 0.3) is 5.91 Å². The van der Waals surface area contributed by atoms with Gasteiger partial charge in [0, 0.05) is 17.2 Å². The van der Waals surface area contributed by atoms with E-state index in [0.717, 1.165) is 36.9 Å². The number of carbonyl (C=O) groups excluding carboxylic acids is 1. The third-order valence-electron chi connectivity index (χ3n) is 6.27. The Kier molecular flexibility index (Phi) is 5.30. The SMILES string of the molecule is O=C(O)c1cccc(-c2cccc(NN=C3C(=O)N(C4CCCC4)c4ccccc43)c2O)c1. The van der Waals surface area contributed by atoms with Gasteiger partial charge in [-0.05, 0) is 42.7 Å². The second-order valence-electron chi connectivity index (χ2n) is 8.29. The summed E-state index contributed by atoms with van der Waals surface area (Å²) in [6.45, 7) is 0.